The fourth-order valence-corrected chi connectivity index (χ4v) is 4.27. The van der Waals surface area contributed by atoms with Crippen molar-refractivity contribution in [3.8, 4) is 0 Å². The SMILES string of the molecule is O=C(NC[C@H]1CC[C@@H](NCC(=O)N2CCC(F)(F)C2)CC1)c1cc(CF)cc(C(F)(F)F)c1. The second kappa shape index (κ2) is 10.3. The Morgan fingerprint density at radius 1 is 1.09 bits per heavy atom. The summed E-state index contributed by atoms with van der Waals surface area (Å²) in [6, 6.07) is 2.56. The van der Waals surface area contributed by atoms with Crippen LogP contribution in [-0.4, -0.2) is 54.9 Å². The molecule has 1 aliphatic carbocycles. The standard InChI is InChI=1S/C22H27F6N3O2/c23-10-15-7-16(9-17(8-15)22(26,27)28)20(33)30-11-14-1-3-18(4-2-14)29-12-19(32)31-6-5-21(24,25)13-31/h7-9,14,18,29H,1-6,10-13H2,(H,30,33)/t14-,18+. The van der Waals surface area contributed by atoms with E-state index in [4.69, 9.17) is 0 Å². The van der Waals surface area contributed by atoms with Crippen LogP contribution < -0.4 is 10.6 Å². The number of nitrogens with one attached hydrogen (secondary N) is 2. The van der Waals surface area contributed by atoms with Gasteiger partial charge in [-0.3, -0.25) is 9.59 Å². The first-order valence-electron chi connectivity index (χ1n) is 10.9. The molecule has 11 heteroatoms. The van der Waals surface area contributed by atoms with Crippen molar-refractivity contribution in [3.63, 3.8) is 0 Å². The van der Waals surface area contributed by atoms with Crippen LogP contribution in [0.15, 0.2) is 18.2 Å². The van der Waals surface area contributed by atoms with Crippen molar-refractivity contribution in [2.45, 2.75) is 56.9 Å². The minimum atomic E-state index is -4.68. The van der Waals surface area contributed by atoms with Gasteiger partial charge < -0.3 is 15.5 Å². The molecule has 1 saturated heterocycles. The Hall–Kier alpha value is -2.30. The summed E-state index contributed by atoms with van der Waals surface area (Å²) < 4.78 is 78.3. The number of carbonyl (C=O) groups is 2. The monoisotopic (exact) mass is 479 g/mol. The highest BCUT2D eigenvalue weighted by atomic mass is 19.4. The van der Waals surface area contributed by atoms with E-state index in [9.17, 15) is 35.9 Å². The fourth-order valence-electron chi connectivity index (χ4n) is 4.27. The van der Waals surface area contributed by atoms with Crippen molar-refractivity contribution in [1.29, 1.82) is 0 Å². The van der Waals surface area contributed by atoms with Crippen LogP contribution in [-0.2, 0) is 17.6 Å². The summed E-state index contributed by atoms with van der Waals surface area (Å²) in [4.78, 5) is 25.6. The number of halogens is 6. The highest BCUT2D eigenvalue weighted by Gasteiger charge is 2.40. The summed E-state index contributed by atoms with van der Waals surface area (Å²) in [7, 11) is 0. The average molecular weight is 479 g/mol. The van der Waals surface area contributed by atoms with Crippen LogP contribution in [0.1, 0.15) is 53.6 Å². The fraction of sp³-hybridized carbons (Fsp3) is 0.636. The molecule has 0 bridgehead atoms. The van der Waals surface area contributed by atoms with Gasteiger partial charge in [0.1, 0.15) is 6.67 Å². The lowest BCUT2D eigenvalue weighted by atomic mass is 9.86. The molecule has 0 atom stereocenters. The molecule has 1 saturated carbocycles. The van der Waals surface area contributed by atoms with Crippen molar-refractivity contribution >= 4 is 11.8 Å². The van der Waals surface area contributed by atoms with Gasteiger partial charge in [0.05, 0.1) is 18.7 Å². The highest BCUT2D eigenvalue weighted by molar-refractivity contribution is 5.94. The molecule has 2 N–H and O–H groups in total. The number of likely N-dealkylation sites (tertiary alicyclic amines) is 1. The molecular weight excluding hydrogens is 452 g/mol. The summed E-state index contributed by atoms with van der Waals surface area (Å²) >= 11 is 0. The number of carbonyl (C=O) groups excluding carboxylic acids is 2. The van der Waals surface area contributed by atoms with E-state index in [0.717, 1.165) is 36.6 Å². The van der Waals surface area contributed by atoms with Gasteiger partial charge in [-0.15, -0.1) is 0 Å². The van der Waals surface area contributed by atoms with Gasteiger partial charge in [-0.1, -0.05) is 0 Å². The van der Waals surface area contributed by atoms with Crippen molar-refractivity contribution in [3.05, 3.63) is 34.9 Å². The number of hydrogen-bond acceptors (Lipinski definition) is 3. The third kappa shape index (κ3) is 7.09. The van der Waals surface area contributed by atoms with E-state index in [1.807, 2.05) is 0 Å². The second-order valence-corrected chi connectivity index (χ2v) is 8.78. The van der Waals surface area contributed by atoms with Crippen LogP contribution in [0.3, 0.4) is 0 Å². The number of nitrogens with zero attached hydrogens (tertiary/aromatic N) is 1. The molecule has 0 unspecified atom stereocenters. The summed E-state index contributed by atoms with van der Waals surface area (Å²) in [6.07, 6.45) is -2.09. The maximum absolute atomic E-state index is 13.2. The second-order valence-electron chi connectivity index (χ2n) is 8.78. The number of alkyl halides is 6. The van der Waals surface area contributed by atoms with E-state index >= 15 is 0 Å². The van der Waals surface area contributed by atoms with Crippen molar-refractivity contribution in [2.75, 3.05) is 26.2 Å². The van der Waals surface area contributed by atoms with Crippen LogP contribution in [0.2, 0.25) is 0 Å². The topological polar surface area (TPSA) is 61.4 Å². The van der Waals surface area contributed by atoms with E-state index in [1.165, 1.54) is 0 Å². The van der Waals surface area contributed by atoms with Crippen molar-refractivity contribution in [2.24, 2.45) is 5.92 Å². The molecule has 0 radical (unpaired) electrons. The Bertz CT molecular complexity index is 853. The van der Waals surface area contributed by atoms with Gasteiger partial charge in [0.15, 0.2) is 0 Å². The number of amides is 2. The first-order chi connectivity index (χ1) is 15.5. The molecule has 1 aromatic rings. The zero-order chi connectivity index (χ0) is 24.2. The highest BCUT2D eigenvalue weighted by Crippen LogP contribution is 2.31. The third-order valence-electron chi connectivity index (χ3n) is 6.20. The molecule has 5 nitrogen and oxygen atoms in total. The molecule has 2 amide bonds. The minimum absolute atomic E-state index is 0.00536. The third-order valence-corrected chi connectivity index (χ3v) is 6.20. The molecule has 2 fully saturated rings. The van der Waals surface area contributed by atoms with Crippen LogP contribution in [0, 0.1) is 5.92 Å². The lowest BCUT2D eigenvalue weighted by Gasteiger charge is -2.29. The number of rotatable bonds is 7. The predicted molar refractivity (Wildman–Crippen MR) is 108 cm³/mol. The minimum Gasteiger partial charge on any atom is -0.352 e. The van der Waals surface area contributed by atoms with Gasteiger partial charge in [-0.25, -0.2) is 13.2 Å². The largest absolute Gasteiger partial charge is 0.416 e. The van der Waals surface area contributed by atoms with Gasteiger partial charge in [-0.2, -0.15) is 13.2 Å². The Labute approximate surface area is 187 Å². The molecule has 2 aliphatic rings. The summed E-state index contributed by atoms with van der Waals surface area (Å²) in [5.74, 6) is -3.74. The van der Waals surface area contributed by atoms with E-state index in [-0.39, 0.29) is 55.0 Å². The molecule has 184 valence electrons. The predicted octanol–water partition coefficient (Wildman–Crippen LogP) is 3.92. The first-order valence-corrected chi connectivity index (χ1v) is 10.9. The van der Waals surface area contributed by atoms with Crippen molar-refractivity contribution in [1.82, 2.24) is 15.5 Å². The van der Waals surface area contributed by atoms with Crippen molar-refractivity contribution < 1.29 is 35.9 Å². The van der Waals surface area contributed by atoms with E-state index in [2.05, 4.69) is 10.6 Å². The van der Waals surface area contributed by atoms with Crippen LogP contribution in [0.4, 0.5) is 26.3 Å². The Morgan fingerprint density at radius 3 is 2.36 bits per heavy atom. The zero-order valence-corrected chi connectivity index (χ0v) is 18.0. The van der Waals surface area contributed by atoms with E-state index in [1.54, 1.807) is 0 Å². The van der Waals surface area contributed by atoms with Gasteiger partial charge in [-0.05, 0) is 55.4 Å². The molecule has 3 rings (SSSR count). The molecule has 1 aromatic carbocycles. The number of hydrogen-bond donors (Lipinski definition) is 2. The van der Waals surface area contributed by atoms with E-state index in [0.29, 0.717) is 12.1 Å². The van der Waals surface area contributed by atoms with Gasteiger partial charge in [0.2, 0.25) is 5.91 Å². The molecule has 0 aromatic heterocycles. The molecular formula is C22H27F6N3O2. The maximum Gasteiger partial charge on any atom is 0.416 e. The smallest absolute Gasteiger partial charge is 0.352 e. The molecule has 1 aliphatic heterocycles. The molecule has 0 spiro atoms. The van der Waals surface area contributed by atoms with Gasteiger partial charge >= 0.3 is 6.18 Å². The van der Waals surface area contributed by atoms with Crippen LogP contribution >= 0.6 is 0 Å². The average Bonchev–Trinajstić information content (AvgIpc) is 3.15. The lowest BCUT2D eigenvalue weighted by molar-refractivity contribution is -0.137. The summed E-state index contributed by atoms with van der Waals surface area (Å²) in [5, 5.41) is 5.73. The van der Waals surface area contributed by atoms with Gasteiger partial charge in [0.25, 0.3) is 11.8 Å². The van der Waals surface area contributed by atoms with Gasteiger partial charge in [0, 0.05) is 31.1 Å². The first kappa shape index (κ1) is 25.3. The van der Waals surface area contributed by atoms with E-state index < -0.39 is 36.8 Å². The van der Waals surface area contributed by atoms with Crippen LogP contribution in [0.25, 0.3) is 0 Å². The summed E-state index contributed by atoms with van der Waals surface area (Å²) in [5.41, 5.74) is -1.52. The normalized spacial score (nSPS) is 22.9. The Morgan fingerprint density at radius 2 is 1.79 bits per heavy atom. The quantitative estimate of drug-likeness (QED) is 0.583. The Kier molecular flexibility index (Phi) is 7.92. The zero-order valence-electron chi connectivity index (χ0n) is 18.0. The molecule has 33 heavy (non-hydrogen) atoms. The summed E-state index contributed by atoms with van der Waals surface area (Å²) in [6.45, 7) is -1.33. The Balaban J connectivity index is 1.42. The lowest BCUT2D eigenvalue weighted by Crippen LogP contribution is -2.43. The number of benzene rings is 1. The van der Waals surface area contributed by atoms with Crippen LogP contribution in [0.5, 0.6) is 0 Å². The molecule has 1 heterocycles. The maximum atomic E-state index is 13.2.